The van der Waals surface area contributed by atoms with E-state index in [1.54, 1.807) is 0 Å². The van der Waals surface area contributed by atoms with Gasteiger partial charge in [0.1, 0.15) is 0 Å². The third-order valence-corrected chi connectivity index (χ3v) is 3.81. The lowest BCUT2D eigenvalue weighted by atomic mass is 10.0. The third-order valence-electron chi connectivity index (χ3n) is 3.81. The summed E-state index contributed by atoms with van der Waals surface area (Å²) >= 11 is 0. The van der Waals surface area contributed by atoms with Crippen LogP contribution in [0, 0.1) is 5.92 Å². The Morgan fingerprint density at radius 3 is 2.43 bits per heavy atom. The number of hydrogen-bond acceptors (Lipinski definition) is 2. The molecule has 0 aliphatic heterocycles. The van der Waals surface area contributed by atoms with Crippen LogP contribution in [-0.4, -0.2) is 30.6 Å². The van der Waals surface area contributed by atoms with Crippen LogP contribution in [0.15, 0.2) is 0 Å². The molecule has 0 aromatic heterocycles. The predicted octanol–water partition coefficient (Wildman–Crippen LogP) is 2.23. The number of nitrogens with zero attached hydrogens (tertiary/aromatic N) is 1. The Balaban J connectivity index is 2.28. The molecule has 1 aliphatic rings. The van der Waals surface area contributed by atoms with Crippen LogP contribution in [0.3, 0.4) is 0 Å². The molecule has 0 heterocycles. The zero-order chi connectivity index (χ0) is 10.6. The summed E-state index contributed by atoms with van der Waals surface area (Å²) in [5.74, 6) is 0.937. The average Bonchev–Trinajstić information content (AvgIpc) is 2.68. The van der Waals surface area contributed by atoms with Crippen LogP contribution in [0.25, 0.3) is 0 Å². The minimum absolute atomic E-state index is 0.335. The first-order chi connectivity index (χ1) is 6.65. The molecule has 1 aliphatic carbocycles. The molecule has 2 atom stereocenters. The minimum atomic E-state index is 0.335. The van der Waals surface area contributed by atoms with Crippen molar-refractivity contribution in [2.24, 2.45) is 11.7 Å². The molecule has 84 valence electrons. The van der Waals surface area contributed by atoms with Crippen molar-refractivity contribution in [1.82, 2.24) is 4.90 Å². The van der Waals surface area contributed by atoms with Gasteiger partial charge in [-0.1, -0.05) is 19.8 Å². The van der Waals surface area contributed by atoms with Gasteiger partial charge < -0.3 is 10.6 Å². The SMILES string of the molecule is CCC(N)C(C)N(C)CC1CCCC1. The van der Waals surface area contributed by atoms with Gasteiger partial charge in [-0.3, -0.25) is 0 Å². The zero-order valence-corrected chi connectivity index (χ0v) is 10.00. The fourth-order valence-corrected chi connectivity index (χ4v) is 2.43. The Labute approximate surface area is 88.8 Å². The first-order valence-corrected chi connectivity index (χ1v) is 6.11. The quantitative estimate of drug-likeness (QED) is 0.734. The normalized spacial score (nSPS) is 22.9. The van der Waals surface area contributed by atoms with Crippen LogP contribution >= 0.6 is 0 Å². The van der Waals surface area contributed by atoms with E-state index in [-0.39, 0.29) is 0 Å². The van der Waals surface area contributed by atoms with E-state index in [9.17, 15) is 0 Å². The monoisotopic (exact) mass is 198 g/mol. The van der Waals surface area contributed by atoms with Gasteiger partial charge in [0.15, 0.2) is 0 Å². The molecule has 2 N–H and O–H groups in total. The number of rotatable bonds is 5. The van der Waals surface area contributed by atoms with Gasteiger partial charge in [-0.05, 0) is 39.2 Å². The Morgan fingerprint density at radius 2 is 1.93 bits per heavy atom. The second kappa shape index (κ2) is 5.72. The standard InChI is InChI=1S/C12H26N2/c1-4-12(13)10(2)14(3)9-11-7-5-6-8-11/h10-12H,4-9,13H2,1-3H3. The highest BCUT2D eigenvalue weighted by atomic mass is 15.1. The molecule has 2 unspecified atom stereocenters. The first kappa shape index (κ1) is 12.0. The van der Waals surface area contributed by atoms with Gasteiger partial charge in [-0.15, -0.1) is 0 Å². The summed E-state index contributed by atoms with van der Waals surface area (Å²) in [6.07, 6.45) is 6.81. The van der Waals surface area contributed by atoms with Crippen molar-refractivity contribution in [3.63, 3.8) is 0 Å². The van der Waals surface area contributed by atoms with Crippen molar-refractivity contribution < 1.29 is 0 Å². The number of nitrogens with two attached hydrogens (primary N) is 1. The molecule has 1 fully saturated rings. The summed E-state index contributed by atoms with van der Waals surface area (Å²) in [7, 11) is 2.22. The second-order valence-corrected chi connectivity index (χ2v) is 4.90. The van der Waals surface area contributed by atoms with Gasteiger partial charge in [0.05, 0.1) is 0 Å². The second-order valence-electron chi connectivity index (χ2n) is 4.90. The summed E-state index contributed by atoms with van der Waals surface area (Å²) < 4.78 is 0. The molecule has 0 aromatic rings. The van der Waals surface area contributed by atoms with E-state index >= 15 is 0 Å². The van der Waals surface area contributed by atoms with Gasteiger partial charge in [0.2, 0.25) is 0 Å². The zero-order valence-electron chi connectivity index (χ0n) is 10.00. The van der Waals surface area contributed by atoms with Crippen LogP contribution in [-0.2, 0) is 0 Å². The molecule has 0 saturated heterocycles. The first-order valence-electron chi connectivity index (χ1n) is 6.11. The van der Waals surface area contributed by atoms with E-state index in [1.165, 1.54) is 32.2 Å². The molecule has 0 bridgehead atoms. The van der Waals surface area contributed by atoms with E-state index in [1.807, 2.05) is 0 Å². The van der Waals surface area contributed by atoms with Crippen LogP contribution in [0.2, 0.25) is 0 Å². The molecular weight excluding hydrogens is 172 g/mol. The maximum atomic E-state index is 6.05. The highest BCUT2D eigenvalue weighted by Crippen LogP contribution is 2.25. The van der Waals surface area contributed by atoms with Crippen molar-refractivity contribution in [3.8, 4) is 0 Å². The molecule has 2 nitrogen and oxygen atoms in total. The van der Waals surface area contributed by atoms with E-state index < -0.39 is 0 Å². The largest absolute Gasteiger partial charge is 0.326 e. The molecule has 0 aromatic carbocycles. The van der Waals surface area contributed by atoms with E-state index in [2.05, 4.69) is 25.8 Å². The minimum Gasteiger partial charge on any atom is -0.326 e. The van der Waals surface area contributed by atoms with Crippen LogP contribution in [0.5, 0.6) is 0 Å². The summed E-state index contributed by atoms with van der Waals surface area (Å²) in [6, 6.07) is 0.863. The Morgan fingerprint density at radius 1 is 1.36 bits per heavy atom. The maximum Gasteiger partial charge on any atom is 0.0215 e. The summed E-state index contributed by atoms with van der Waals surface area (Å²) in [5.41, 5.74) is 6.05. The lowest BCUT2D eigenvalue weighted by Crippen LogP contribution is -2.45. The van der Waals surface area contributed by atoms with Crippen molar-refractivity contribution >= 4 is 0 Å². The summed E-state index contributed by atoms with van der Waals surface area (Å²) in [6.45, 7) is 5.67. The van der Waals surface area contributed by atoms with E-state index in [4.69, 9.17) is 5.73 Å². The van der Waals surface area contributed by atoms with Crippen molar-refractivity contribution in [1.29, 1.82) is 0 Å². The number of hydrogen-bond donors (Lipinski definition) is 1. The summed E-state index contributed by atoms with van der Waals surface area (Å²) in [4.78, 5) is 2.45. The highest BCUT2D eigenvalue weighted by Gasteiger charge is 2.21. The molecule has 0 spiro atoms. The van der Waals surface area contributed by atoms with Crippen molar-refractivity contribution in [2.75, 3.05) is 13.6 Å². The molecule has 0 amide bonds. The fraction of sp³-hybridized carbons (Fsp3) is 1.00. The number of likely N-dealkylation sites (N-methyl/N-ethyl adjacent to an activating group) is 1. The van der Waals surface area contributed by atoms with Gasteiger partial charge >= 0.3 is 0 Å². The van der Waals surface area contributed by atoms with Gasteiger partial charge in [-0.2, -0.15) is 0 Å². The Bertz CT molecular complexity index is 152. The van der Waals surface area contributed by atoms with Crippen molar-refractivity contribution in [2.45, 2.75) is 58.0 Å². The summed E-state index contributed by atoms with van der Waals surface area (Å²) in [5, 5.41) is 0. The maximum absolute atomic E-state index is 6.05. The lowest BCUT2D eigenvalue weighted by molar-refractivity contribution is 0.192. The van der Waals surface area contributed by atoms with Crippen molar-refractivity contribution in [3.05, 3.63) is 0 Å². The average molecular weight is 198 g/mol. The lowest BCUT2D eigenvalue weighted by Gasteiger charge is -2.31. The third kappa shape index (κ3) is 3.25. The fourth-order valence-electron chi connectivity index (χ4n) is 2.43. The molecule has 1 saturated carbocycles. The molecule has 14 heavy (non-hydrogen) atoms. The van der Waals surface area contributed by atoms with Crippen LogP contribution in [0.1, 0.15) is 46.0 Å². The molecular formula is C12H26N2. The van der Waals surface area contributed by atoms with Gasteiger partial charge in [-0.25, -0.2) is 0 Å². The van der Waals surface area contributed by atoms with E-state index in [0.29, 0.717) is 12.1 Å². The smallest absolute Gasteiger partial charge is 0.0215 e. The van der Waals surface area contributed by atoms with Crippen LogP contribution in [0.4, 0.5) is 0 Å². The Kier molecular flexibility index (Phi) is 4.90. The molecule has 0 radical (unpaired) electrons. The van der Waals surface area contributed by atoms with Gasteiger partial charge in [0.25, 0.3) is 0 Å². The van der Waals surface area contributed by atoms with Gasteiger partial charge in [0, 0.05) is 18.6 Å². The highest BCUT2D eigenvalue weighted by molar-refractivity contribution is 4.78. The Hall–Kier alpha value is -0.0800. The van der Waals surface area contributed by atoms with E-state index in [0.717, 1.165) is 12.3 Å². The topological polar surface area (TPSA) is 29.3 Å². The molecule has 1 rings (SSSR count). The molecule has 2 heteroatoms. The van der Waals surface area contributed by atoms with Crippen LogP contribution < -0.4 is 5.73 Å². The predicted molar refractivity (Wildman–Crippen MR) is 62.3 cm³/mol.